The molecule has 0 radical (unpaired) electrons. The molecule has 0 rings (SSSR count). The van der Waals surface area contributed by atoms with Gasteiger partial charge in [-0.25, -0.2) is 0 Å². The van der Waals surface area contributed by atoms with E-state index >= 15 is 0 Å². The van der Waals surface area contributed by atoms with Crippen molar-refractivity contribution in [3.8, 4) is 0 Å². The summed E-state index contributed by atoms with van der Waals surface area (Å²) in [7, 11) is 12.3. The minimum Gasteiger partial charge on any atom is -0.358 e. The molecule has 0 aliphatic carbocycles. The van der Waals surface area contributed by atoms with Crippen molar-refractivity contribution in [2.75, 3.05) is 39.9 Å². The fourth-order valence-electron chi connectivity index (χ4n) is 2.90. The molecule has 0 aromatic rings. The van der Waals surface area contributed by atoms with Crippen LogP contribution in [0, 0.1) is 0 Å². The molecule has 0 amide bonds. The first-order chi connectivity index (χ1) is 12.1. The normalized spacial score (nSPS) is 13.7. The molecule has 0 aliphatic rings. The van der Waals surface area contributed by atoms with Gasteiger partial charge < -0.3 is 18.9 Å². The molecule has 0 atom stereocenters. The van der Waals surface area contributed by atoms with Gasteiger partial charge in [-0.15, -0.1) is 0 Å². The Morgan fingerprint density at radius 1 is 0.680 bits per heavy atom. The lowest BCUT2D eigenvalue weighted by Gasteiger charge is -2.30. The van der Waals surface area contributed by atoms with Gasteiger partial charge in [0, 0.05) is 39.9 Å². The average molecular weight is 447 g/mol. The molecule has 0 spiro atoms. The van der Waals surface area contributed by atoms with Crippen molar-refractivity contribution in [3.05, 3.63) is 0 Å². The lowest BCUT2D eigenvalue weighted by molar-refractivity contribution is -0.149. The van der Waals surface area contributed by atoms with Crippen molar-refractivity contribution < 1.29 is 18.9 Å². The standard InChI is InChI=1S/C16H38O4S3Si2/c1-7-24-15(17-3,18-4)11-9-13-21-23-22-14-10-12-16(19-5,20-6)25-8-2/h7-14,24-25H2,1-6H3. The largest absolute Gasteiger partial charge is 0.358 e. The molecule has 0 unspecified atom stereocenters. The quantitative estimate of drug-likeness (QED) is 0.138. The van der Waals surface area contributed by atoms with Crippen molar-refractivity contribution in [3.63, 3.8) is 0 Å². The second kappa shape index (κ2) is 16.3. The van der Waals surface area contributed by atoms with Crippen LogP contribution in [0.2, 0.25) is 12.1 Å². The van der Waals surface area contributed by atoms with E-state index in [0.717, 1.165) is 37.2 Å². The molecular formula is C16H38O4S3Si2. The summed E-state index contributed by atoms with van der Waals surface area (Å²) in [5.74, 6) is 2.29. The van der Waals surface area contributed by atoms with E-state index in [9.17, 15) is 0 Å². The Morgan fingerprint density at radius 2 is 1.04 bits per heavy atom. The summed E-state index contributed by atoms with van der Waals surface area (Å²) < 4.78 is 22.6. The highest BCUT2D eigenvalue weighted by atomic mass is 33.5. The van der Waals surface area contributed by atoms with Gasteiger partial charge in [0.15, 0.2) is 0 Å². The molecule has 0 N–H and O–H groups in total. The Hall–Kier alpha value is 1.32. The molecule has 0 saturated heterocycles. The Bertz CT molecular complexity index is 279. The monoisotopic (exact) mass is 446 g/mol. The summed E-state index contributed by atoms with van der Waals surface area (Å²) in [6, 6.07) is 2.43. The number of ether oxygens (including phenoxy) is 4. The van der Waals surface area contributed by atoms with E-state index in [1.165, 1.54) is 12.1 Å². The molecular weight excluding hydrogens is 409 g/mol. The van der Waals surface area contributed by atoms with Crippen LogP contribution in [0.25, 0.3) is 0 Å². The lowest BCUT2D eigenvalue weighted by atomic mass is 10.3. The maximum Gasteiger partial charge on any atom is 0.144 e. The van der Waals surface area contributed by atoms with Crippen molar-refractivity contribution in [1.29, 1.82) is 0 Å². The zero-order valence-electron chi connectivity index (χ0n) is 16.9. The summed E-state index contributed by atoms with van der Waals surface area (Å²) in [4.78, 5) is 0. The number of hydrogen-bond donors (Lipinski definition) is 0. The summed E-state index contributed by atoms with van der Waals surface area (Å²) >= 11 is 0. The molecule has 9 heteroatoms. The average Bonchev–Trinajstić information content (AvgIpc) is 2.65. The van der Waals surface area contributed by atoms with Gasteiger partial charge in [0.2, 0.25) is 0 Å². The molecule has 25 heavy (non-hydrogen) atoms. The number of methoxy groups -OCH3 is 4. The third-order valence-corrected chi connectivity index (χ3v) is 13.2. The molecule has 0 heterocycles. The molecule has 4 nitrogen and oxygen atoms in total. The fourth-order valence-corrected chi connectivity index (χ4v) is 10.1. The van der Waals surface area contributed by atoms with Gasteiger partial charge in [-0.1, -0.05) is 47.5 Å². The molecule has 0 aromatic heterocycles. The highest BCUT2D eigenvalue weighted by Gasteiger charge is 2.28. The van der Waals surface area contributed by atoms with Crippen LogP contribution in [-0.4, -0.2) is 69.8 Å². The minimum absolute atomic E-state index is 0.250. The Morgan fingerprint density at radius 3 is 1.32 bits per heavy atom. The van der Waals surface area contributed by atoms with Crippen LogP contribution in [0.5, 0.6) is 0 Å². The van der Waals surface area contributed by atoms with Gasteiger partial charge in [0.1, 0.15) is 10.8 Å². The first-order valence-electron chi connectivity index (χ1n) is 9.19. The van der Waals surface area contributed by atoms with Gasteiger partial charge in [-0.3, -0.25) is 0 Å². The van der Waals surface area contributed by atoms with Gasteiger partial charge in [0.25, 0.3) is 0 Å². The van der Waals surface area contributed by atoms with Crippen molar-refractivity contribution in [2.24, 2.45) is 0 Å². The van der Waals surface area contributed by atoms with E-state index < -0.39 is 0 Å². The van der Waals surface area contributed by atoms with Gasteiger partial charge in [-0.05, 0) is 35.5 Å². The zero-order chi connectivity index (χ0) is 19.0. The molecule has 0 fully saturated rings. The molecule has 0 saturated carbocycles. The molecule has 0 aromatic carbocycles. The maximum absolute atomic E-state index is 5.66. The second-order valence-electron chi connectivity index (χ2n) is 6.06. The minimum atomic E-state index is -0.331. The van der Waals surface area contributed by atoms with E-state index in [1.807, 2.05) is 31.4 Å². The predicted octanol–water partition coefficient (Wildman–Crippen LogP) is 3.68. The van der Waals surface area contributed by atoms with Crippen LogP contribution in [0.15, 0.2) is 0 Å². The lowest BCUT2D eigenvalue weighted by Crippen LogP contribution is -2.40. The predicted molar refractivity (Wildman–Crippen MR) is 123 cm³/mol. The number of rotatable bonds is 18. The Labute approximate surface area is 171 Å². The first-order valence-corrected chi connectivity index (χ1v) is 16.4. The third-order valence-electron chi connectivity index (χ3n) is 4.42. The van der Waals surface area contributed by atoms with Crippen LogP contribution in [-0.2, 0) is 18.9 Å². The Balaban J connectivity index is 3.76. The molecule has 0 bridgehead atoms. The van der Waals surface area contributed by atoms with Crippen molar-refractivity contribution in [1.82, 2.24) is 0 Å². The van der Waals surface area contributed by atoms with Gasteiger partial charge in [0.05, 0.1) is 19.0 Å². The van der Waals surface area contributed by atoms with Crippen molar-refractivity contribution in [2.45, 2.75) is 62.4 Å². The highest BCUT2D eigenvalue weighted by molar-refractivity contribution is 9.09. The second-order valence-corrected chi connectivity index (χ2v) is 15.7. The smallest absolute Gasteiger partial charge is 0.144 e. The summed E-state index contributed by atoms with van der Waals surface area (Å²) in [6.07, 6.45) is 4.32. The van der Waals surface area contributed by atoms with Crippen molar-refractivity contribution >= 4 is 50.5 Å². The highest BCUT2D eigenvalue weighted by Crippen LogP contribution is 2.36. The van der Waals surface area contributed by atoms with E-state index in [0.29, 0.717) is 0 Å². The van der Waals surface area contributed by atoms with Crippen LogP contribution in [0.4, 0.5) is 0 Å². The fraction of sp³-hybridized carbons (Fsp3) is 1.00. The zero-order valence-corrected chi connectivity index (χ0v) is 22.2. The first kappa shape index (κ1) is 26.3. The van der Waals surface area contributed by atoms with Crippen LogP contribution >= 0.6 is 31.4 Å². The van der Waals surface area contributed by atoms with E-state index in [4.69, 9.17) is 18.9 Å². The van der Waals surface area contributed by atoms with Gasteiger partial charge in [-0.2, -0.15) is 0 Å². The summed E-state index contributed by atoms with van der Waals surface area (Å²) in [6.45, 7) is 4.45. The third kappa shape index (κ3) is 11.0. The Kier molecular flexibility index (Phi) is 17.2. The van der Waals surface area contributed by atoms with Crippen LogP contribution < -0.4 is 0 Å². The SMILES string of the molecule is CC[SiH2]C(CCCSSSCCCC(OC)(OC)[SiH2]CC)(OC)OC. The van der Waals surface area contributed by atoms with Gasteiger partial charge >= 0.3 is 0 Å². The molecule has 152 valence electrons. The van der Waals surface area contributed by atoms with E-state index in [1.54, 1.807) is 28.4 Å². The topological polar surface area (TPSA) is 36.9 Å². The van der Waals surface area contributed by atoms with E-state index in [-0.39, 0.29) is 29.9 Å². The van der Waals surface area contributed by atoms with Crippen LogP contribution in [0.1, 0.15) is 39.5 Å². The maximum atomic E-state index is 5.66. The molecule has 0 aliphatic heterocycles. The summed E-state index contributed by atoms with van der Waals surface area (Å²) in [5.41, 5.74) is -0.500. The number of hydrogen-bond acceptors (Lipinski definition) is 7. The van der Waals surface area contributed by atoms with E-state index in [2.05, 4.69) is 13.8 Å². The van der Waals surface area contributed by atoms with Crippen LogP contribution in [0.3, 0.4) is 0 Å². The summed E-state index contributed by atoms with van der Waals surface area (Å²) in [5, 5.41) is 0.